The summed E-state index contributed by atoms with van der Waals surface area (Å²) >= 11 is 0. The van der Waals surface area contributed by atoms with Crippen molar-refractivity contribution in [3.05, 3.63) is 36.5 Å². The number of benzene rings is 1. The van der Waals surface area contributed by atoms with E-state index in [0.29, 0.717) is 5.56 Å². The van der Waals surface area contributed by atoms with Crippen molar-refractivity contribution in [3.8, 4) is 5.75 Å². The molecular weight excluding hydrogens is 362 g/mol. The van der Waals surface area contributed by atoms with E-state index in [4.69, 9.17) is 4.74 Å². The van der Waals surface area contributed by atoms with Crippen molar-refractivity contribution in [3.63, 3.8) is 0 Å². The van der Waals surface area contributed by atoms with Crippen LogP contribution in [0.5, 0.6) is 5.75 Å². The Bertz CT molecular complexity index is 381. The maximum Gasteiger partial charge on any atom is 1.00 e. The van der Waals surface area contributed by atoms with Gasteiger partial charge in [0.2, 0.25) is 0 Å². The SMILES string of the molecule is CCOc1cc(C)c(F)cc1C(F)(F)CC.[CH3-].[Cs+]. The Kier molecular flexibility index (Phi) is 10.5. The van der Waals surface area contributed by atoms with Gasteiger partial charge in [-0.25, -0.2) is 13.2 Å². The van der Waals surface area contributed by atoms with Crippen molar-refractivity contribution in [2.75, 3.05) is 6.61 Å². The number of alkyl halides is 2. The fraction of sp³-hybridized carbons (Fsp3) is 0.462. The molecule has 0 spiro atoms. The molecule has 5 heteroatoms. The molecule has 1 aromatic rings. The van der Waals surface area contributed by atoms with E-state index in [2.05, 4.69) is 0 Å². The Labute approximate surface area is 166 Å². The summed E-state index contributed by atoms with van der Waals surface area (Å²) in [6.45, 7) is 4.85. The van der Waals surface area contributed by atoms with Crippen LogP contribution in [0.25, 0.3) is 0 Å². The quantitative estimate of drug-likeness (QED) is 0.720. The molecule has 1 nitrogen and oxygen atoms in total. The van der Waals surface area contributed by atoms with E-state index in [0.717, 1.165) is 6.07 Å². The monoisotopic (exact) mass is 380 g/mol. The molecule has 0 heterocycles. The molecule has 0 saturated heterocycles. The zero-order valence-electron chi connectivity index (χ0n) is 11.6. The summed E-state index contributed by atoms with van der Waals surface area (Å²) in [7, 11) is 0. The predicted octanol–water partition coefficient (Wildman–Crippen LogP) is 1.49. The molecule has 0 radical (unpaired) electrons. The van der Waals surface area contributed by atoms with Crippen molar-refractivity contribution in [1.82, 2.24) is 0 Å². The van der Waals surface area contributed by atoms with Crippen LogP contribution in [0.2, 0.25) is 0 Å². The van der Waals surface area contributed by atoms with Gasteiger partial charge in [-0.3, -0.25) is 0 Å². The minimum atomic E-state index is -3.06. The van der Waals surface area contributed by atoms with E-state index in [9.17, 15) is 13.2 Å². The maximum absolute atomic E-state index is 13.5. The molecule has 0 fully saturated rings. The first-order valence-electron chi connectivity index (χ1n) is 5.23. The Hall–Kier alpha value is 0.862. The predicted molar refractivity (Wildman–Crippen MR) is 62.9 cm³/mol. The third-order valence-corrected chi connectivity index (χ3v) is 2.40. The molecule has 1 aromatic carbocycles. The topological polar surface area (TPSA) is 9.23 Å². The number of halogens is 3. The summed E-state index contributed by atoms with van der Waals surface area (Å²) in [4.78, 5) is 0. The molecule has 0 amide bonds. The van der Waals surface area contributed by atoms with Gasteiger partial charge in [0.25, 0.3) is 5.92 Å². The Morgan fingerprint density at radius 2 is 1.78 bits per heavy atom. The summed E-state index contributed by atoms with van der Waals surface area (Å²) in [5.41, 5.74) is -0.0703. The number of hydrogen-bond acceptors (Lipinski definition) is 1. The molecule has 98 valence electrons. The van der Waals surface area contributed by atoms with Crippen molar-refractivity contribution in [2.24, 2.45) is 0 Å². The largest absolute Gasteiger partial charge is 1.00 e. The second kappa shape index (κ2) is 8.92. The first kappa shape index (κ1) is 21.2. The van der Waals surface area contributed by atoms with E-state index in [1.807, 2.05) is 0 Å². The molecule has 0 atom stereocenters. The van der Waals surface area contributed by atoms with Crippen LogP contribution in [0.4, 0.5) is 13.2 Å². The average molecular weight is 380 g/mol. The second-order valence-electron chi connectivity index (χ2n) is 3.59. The van der Waals surface area contributed by atoms with Crippen LogP contribution in [0.3, 0.4) is 0 Å². The molecule has 0 saturated carbocycles. The Balaban J connectivity index is 0. The zero-order valence-corrected chi connectivity index (χ0v) is 17.9. The van der Waals surface area contributed by atoms with E-state index in [1.54, 1.807) is 6.92 Å². The summed E-state index contributed by atoms with van der Waals surface area (Å²) in [6.07, 6.45) is -0.379. The third-order valence-electron chi connectivity index (χ3n) is 2.40. The standard InChI is InChI=1S/C12H15F3O.CH3.Cs/c1-4-12(14,15)9-7-10(13)8(3)6-11(9)16-5-2;;/h6-7H,4-5H2,1-3H3;1H3;/q;-1;+1. The number of rotatable bonds is 4. The van der Waals surface area contributed by atoms with Crippen LogP contribution >= 0.6 is 0 Å². The van der Waals surface area contributed by atoms with Crippen molar-refractivity contribution in [1.29, 1.82) is 0 Å². The van der Waals surface area contributed by atoms with Gasteiger partial charge in [0.1, 0.15) is 11.6 Å². The van der Waals surface area contributed by atoms with Gasteiger partial charge in [-0.05, 0) is 31.5 Å². The molecule has 0 N–H and O–H groups in total. The van der Waals surface area contributed by atoms with Gasteiger partial charge >= 0.3 is 68.9 Å². The van der Waals surface area contributed by atoms with E-state index >= 15 is 0 Å². The van der Waals surface area contributed by atoms with Crippen LogP contribution in [0, 0.1) is 20.2 Å². The molecule has 0 aliphatic heterocycles. The molecule has 0 unspecified atom stereocenters. The van der Waals surface area contributed by atoms with Crippen LogP contribution in [-0.2, 0) is 5.92 Å². The number of ether oxygens (including phenoxy) is 1. The molecule has 0 aliphatic carbocycles. The normalized spacial score (nSPS) is 10.3. The molecular formula is C13H18CsF3O. The fourth-order valence-electron chi connectivity index (χ4n) is 1.41. The number of hydrogen-bond donors (Lipinski definition) is 0. The summed E-state index contributed by atoms with van der Waals surface area (Å²) in [5.74, 6) is -3.63. The van der Waals surface area contributed by atoms with E-state index in [-0.39, 0.29) is 101 Å². The minimum Gasteiger partial charge on any atom is -0.493 e. The van der Waals surface area contributed by atoms with Gasteiger partial charge in [0, 0.05) is 6.42 Å². The Morgan fingerprint density at radius 3 is 2.22 bits per heavy atom. The van der Waals surface area contributed by atoms with Gasteiger partial charge < -0.3 is 12.2 Å². The van der Waals surface area contributed by atoms with Crippen LogP contribution in [0.15, 0.2) is 12.1 Å². The first-order chi connectivity index (χ1) is 7.42. The summed E-state index contributed by atoms with van der Waals surface area (Å²) in [5, 5.41) is 0. The first-order valence-corrected chi connectivity index (χ1v) is 5.23. The van der Waals surface area contributed by atoms with E-state index in [1.165, 1.54) is 19.9 Å². The summed E-state index contributed by atoms with van der Waals surface area (Å²) in [6, 6.07) is 2.18. The number of aryl methyl sites for hydroxylation is 1. The van der Waals surface area contributed by atoms with E-state index < -0.39 is 11.7 Å². The third kappa shape index (κ3) is 5.09. The molecule has 0 bridgehead atoms. The molecule has 1 rings (SSSR count). The molecule has 0 aromatic heterocycles. The van der Waals surface area contributed by atoms with Gasteiger partial charge in [0.05, 0.1) is 12.2 Å². The average Bonchev–Trinajstić information content (AvgIpc) is 2.23. The van der Waals surface area contributed by atoms with Gasteiger partial charge in [0.15, 0.2) is 0 Å². The van der Waals surface area contributed by atoms with Gasteiger partial charge in [-0.15, -0.1) is 0 Å². The van der Waals surface area contributed by atoms with Crippen LogP contribution in [-0.4, -0.2) is 6.61 Å². The fourth-order valence-corrected chi connectivity index (χ4v) is 1.41. The van der Waals surface area contributed by atoms with Gasteiger partial charge in [-0.1, -0.05) is 6.92 Å². The van der Waals surface area contributed by atoms with Crippen LogP contribution < -0.4 is 73.6 Å². The molecule has 0 aliphatic rings. The van der Waals surface area contributed by atoms with Crippen molar-refractivity contribution in [2.45, 2.75) is 33.1 Å². The maximum atomic E-state index is 13.5. The minimum absolute atomic E-state index is 0. The zero-order chi connectivity index (χ0) is 12.3. The van der Waals surface area contributed by atoms with Crippen LogP contribution in [0.1, 0.15) is 31.4 Å². The smallest absolute Gasteiger partial charge is 0.493 e. The van der Waals surface area contributed by atoms with Crippen molar-refractivity contribution >= 4 is 0 Å². The second-order valence-corrected chi connectivity index (χ2v) is 3.59. The molecule has 18 heavy (non-hydrogen) atoms. The van der Waals surface area contributed by atoms with Gasteiger partial charge in [-0.2, -0.15) is 0 Å². The van der Waals surface area contributed by atoms with Crippen molar-refractivity contribution < 1.29 is 86.8 Å². The summed E-state index contributed by atoms with van der Waals surface area (Å²) < 4.78 is 45.5. The Morgan fingerprint density at radius 1 is 1.22 bits per heavy atom.